The third-order valence-corrected chi connectivity index (χ3v) is 1.44. The van der Waals surface area contributed by atoms with Crippen LogP contribution in [0.2, 0.25) is 0 Å². The van der Waals surface area contributed by atoms with Crippen molar-refractivity contribution in [1.29, 1.82) is 0 Å². The highest BCUT2D eigenvalue weighted by Crippen LogP contribution is 1.96. The predicted molar refractivity (Wildman–Crippen MR) is 48.5 cm³/mol. The number of hydrogen-bond acceptors (Lipinski definition) is 1. The smallest absolute Gasteiger partial charge is 0.158 e. The minimum atomic E-state index is 0.0951. The zero-order valence-corrected chi connectivity index (χ0v) is 7.18. The molecule has 0 radical (unpaired) electrons. The molecule has 0 rings (SSSR count). The molecule has 0 aliphatic rings. The Morgan fingerprint density at radius 2 is 2.18 bits per heavy atom. The van der Waals surface area contributed by atoms with Crippen LogP contribution in [-0.2, 0) is 4.79 Å². The van der Waals surface area contributed by atoms with Crippen LogP contribution in [0.3, 0.4) is 0 Å². The first-order chi connectivity index (χ1) is 5.31. The Bertz CT molecular complexity index is 145. The largest absolute Gasteiger partial charge is 0.295 e. The Balaban J connectivity index is 3.29. The van der Waals surface area contributed by atoms with Crippen molar-refractivity contribution in [1.82, 2.24) is 0 Å². The van der Waals surface area contributed by atoms with Gasteiger partial charge in [-0.1, -0.05) is 38.5 Å². The number of unbranched alkanes of at least 4 members (excludes halogenated alkanes) is 2. The fourth-order valence-corrected chi connectivity index (χ4v) is 0.723. The number of hydrogen-bond donors (Lipinski definition) is 0. The molecule has 0 N–H and O–H groups in total. The highest BCUT2D eigenvalue weighted by molar-refractivity contribution is 5.90. The van der Waals surface area contributed by atoms with E-state index in [0.29, 0.717) is 6.42 Å². The molecule has 1 nitrogen and oxygen atoms in total. The van der Waals surface area contributed by atoms with Crippen LogP contribution in [0.25, 0.3) is 0 Å². The molecule has 0 saturated carbocycles. The summed E-state index contributed by atoms with van der Waals surface area (Å²) in [7, 11) is 0. The van der Waals surface area contributed by atoms with Crippen molar-refractivity contribution in [2.45, 2.75) is 32.6 Å². The molecule has 62 valence electrons. The Kier molecular flexibility index (Phi) is 6.70. The second-order valence-electron chi connectivity index (χ2n) is 2.49. The molecule has 0 heterocycles. The van der Waals surface area contributed by atoms with E-state index >= 15 is 0 Å². The summed E-state index contributed by atoms with van der Waals surface area (Å²) in [4.78, 5) is 10.7. The zero-order chi connectivity index (χ0) is 8.53. The van der Waals surface area contributed by atoms with E-state index in [0.717, 1.165) is 6.42 Å². The highest BCUT2D eigenvalue weighted by Gasteiger charge is 1.87. The van der Waals surface area contributed by atoms with E-state index in [1.807, 2.05) is 6.08 Å². The molecule has 0 bridgehead atoms. The van der Waals surface area contributed by atoms with Gasteiger partial charge in [-0.15, -0.1) is 0 Å². The SMILES string of the molecule is C=CC(=O)CC=CCCCC. The van der Waals surface area contributed by atoms with Gasteiger partial charge in [0.1, 0.15) is 0 Å². The van der Waals surface area contributed by atoms with Crippen molar-refractivity contribution in [3.8, 4) is 0 Å². The third kappa shape index (κ3) is 7.04. The van der Waals surface area contributed by atoms with Gasteiger partial charge in [-0.2, -0.15) is 0 Å². The molecule has 0 spiro atoms. The summed E-state index contributed by atoms with van der Waals surface area (Å²) in [5.74, 6) is 0.0951. The van der Waals surface area contributed by atoms with Crippen molar-refractivity contribution in [2.24, 2.45) is 0 Å². The number of carbonyl (C=O) groups is 1. The summed E-state index contributed by atoms with van der Waals surface area (Å²) in [6.45, 7) is 5.55. The average molecular weight is 152 g/mol. The monoisotopic (exact) mass is 152 g/mol. The van der Waals surface area contributed by atoms with Gasteiger partial charge in [0.05, 0.1) is 0 Å². The van der Waals surface area contributed by atoms with Crippen LogP contribution in [0.1, 0.15) is 32.6 Å². The van der Waals surface area contributed by atoms with Crippen molar-refractivity contribution in [3.05, 3.63) is 24.8 Å². The summed E-state index contributed by atoms with van der Waals surface area (Å²) in [5.41, 5.74) is 0. The molecular formula is C10H16O. The van der Waals surface area contributed by atoms with E-state index in [1.54, 1.807) is 0 Å². The fourth-order valence-electron chi connectivity index (χ4n) is 0.723. The van der Waals surface area contributed by atoms with Gasteiger partial charge in [0.15, 0.2) is 5.78 Å². The molecule has 0 aromatic carbocycles. The lowest BCUT2D eigenvalue weighted by molar-refractivity contribution is -0.113. The molecule has 0 unspecified atom stereocenters. The van der Waals surface area contributed by atoms with Crippen LogP contribution in [0.4, 0.5) is 0 Å². The first-order valence-electron chi connectivity index (χ1n) is 4.11. The molecule has 0 aromatic heterocycles. The molecule has 0 aliphatic heterocycles. The molecule has 1 heteroatoms. The maximum Gasteiger partial charge on any atom is 0.158 e. The van der Waals surface area contributed by atoms with Crippen LogP contribution >= 0.6 is 0 Å². The van der Waals surface area contributed by atoms with Gasteiger partial charge in [0.25, 0.3) is 0 Å². The van der Waals surface area contributed by atoms with Crippen molar-refractivity contribution >= 4 is 5.78 Å². The Morgan fingerprint density at radius 1 is 1.45 bits per heavy atom. The first kappa shape index (κ1) is 10.2. The van der Waals surface area contributed by atoms with E-state index in [1.165, 1.54) is 18.9 Å². The van der Waals surface area contributed by atoms with E-state index < -0.39 is 0 Å². The van der Waals surface area contributed by atoms with Crippen LogP contribution in [0, 0.1) is 0 Å². The normalized spacial score (nSPS) is 10.3. The maximum atomic E-state index is 10.7. The average Bonchev–Trinajstić information content (AvgIpc) is 2.04. The summed E-state index contributed by atoms with van der Waals surface area (Å²) >= 11 is 0. The van der Waals surface area contributed by atoms with Crippen LogP contribution in [0.5, 0.6) is 0 Å². The van der Waals surface area contributed by atoms with Gasteiger partial charge in [-0.05, 0) is 12.5 Å². The molecule has 0 atom stereocenters. The standard InChI is InChI=1S/C10H16O/c1-3-5-6-7-8-9-10(11)4-2/h4,7-8H,2-3,5-6,9H2,1H3. The summed E-state index contributed by atoms with van der Waals surface area (Å²) in [6.07, 6.45) is 9.35. The van der Waals surface area contributed by atoms with Crippen molar-refractivity contribution in [2.75, 3.05) is 0 Å². The lowest BCUT2D eigenvalue weighted by Gasteiger charge is -1.87. The van der Waals surface area contributed by atoms with Crippen molar-refractivity contribution < 1.29 is 4.79 Å². The minimum absolute atomic E-state index is 0.0951. The van der Waals surface area contributed by atoms with Gasteiger partial charge < -0.3 is 0 Å². The predicted octanol–water partition coefficient (Wildman–Crippen LogP) is 2.88. The quantitative estimate of drug-likeness (QED) is 0.325. The molecule has 0 saturated heterocycles. The van der Waals surface area contributed by atoms with Crippen LogP contribution < -0.4 is 0 Å². The summed E-state index contributed by atoms with van der Waals surface area (Å²) in [5, 5.41) is 0. The van der Waals surface area contributed by atoms with E-state index in [2.05, 4.69) is 19.6 Å². The Hall–Kier alpha value is -0.850. The minimum Gasteiger partial charge on any atom is -0.295 e. The topological polar surface area (TPSA) is 17.1 Å². The maximum absolute atomic E-state index is 10.7. The molecule has 0 amide bonds. The molecule has 0 aliphatic carbocycles. The van der Waals surface area contributed by atoms with Crippen LogP contribution in [-0.4, -0.2) is 5.78 Å². The van der Waals surface area contributed by atoms with Gasteiger partial charge in [0, 0.05) is 6.42 Å². The van der Waals surface area contributed by atoms with E-state index in [4.69, 9.17) is 0 Å². The lowest BCUT2D eigenvalue weighted by Crippen LogP contribution is -1.86. The molecule has 11 heavy (non-hydrogen) atoms. The van der Waals surface area contributed by atoms with E-state index in [-0.39, 0.29) is 5.78 Å². The van der Waals surface area contributed by atoms with Gasteiger partial charge >= 0.3 is 0 Å². The lowest BCUT2D eigenvalue weighted by atomic mass is 10.2. The van der Waals surface area contributed by atoms with Gasteiger partial charge in [-0.3, -0.25) is 4.79 Å². The van der Waals surface area contributed by atoms with Gasteiger partial charge in [0.2, 0.25) is 0 Å². The third-order valence-electron chi connectivity index (χ3n) is 1.44. The number of ketones is 1. The zero-order valence-electron chi connectivity index (χ0n) is 7.18. The Labute approximate surface area is 68.8 Å². The summed E-state index contributed by atoms with van der Waals surface area (Å²) < 4.78 is 0. The van der Waals surface area contributed by atoms with Crippen molar-refractivity contribution in [3.63, 3.8) is 0 Å². The van der Waals surface area contributed by atoms with E-state index in [9.17, 15) is 4.79 Å². The Morgan fingerprint density at radius 3 is 2.73 bits per heavy atom. The fraction of sp³-hybridized carbons (Fsp3) is 0.500. The highest BCUT2D eigenvalue weighted by atomic mass is 16.1. The number of allylic oxidation sites excluding steroid dienone is 3. The number of carbonyl (C=O) groups excluding carboxylic acids is 1. The summed E-state index contributed by atoms with van der Waals surface area (Å²) in [6, 6.07) is 0. The second kappa shape index (κ2) is 7.26. The first-order valence-corrected chi connectivity index (χ1v) is 4.11. The molecule has 0 fully saturated rings. The van der Waals surface area contributed by atoms with Crippen LogP contribution in [0.15, 0.2) is 24.8 Å². The molecule has 0 aromatic rings. The van der Waals surface area contributed by atoms with Gasteiger partial charge in [-0.25, -0.2) is 0 Å². The number of rotatable bonds is 6. The second-order valence-corrected chi connectivity index (χ2v) is 2.49. The molecular weight excluding hydrogens is 136 g/mol.